The van der Waals surface area contributed by atoms with Crippen LogP contribution >= 0.6 is 11.5 Å². The van der Waals surface area contributed by atoms with Crippen molar-refractivity contribution in [2.75, 3.05) is 5.32 Å². The summed E-state index contributed by atoms with van der Waals surface area (Å²) < 4.78 is 22.9. The molecule has 0 saturated heterocycles. The van der Waals surface area contributed by atoms with E-state index in [2.05, 4.69) is 14.7 Å². The van der Waals surface area contributed by atoms with E-state index in [0.717, 1.165) is 22.7 Å². The van der Waals surface area contributed by atoms with Crippen molar-refractivity contribution in [1.29, 1.82) is 0 Å². The molecule has 0 aliphatic heterocycles. The normalized spacial score (nSPS) is 11.8. The molecule has 1 N–H and O–H groups in total. The third-order valence-corrected chi connectivity index (χ3v) is 4.62. The van der Waals surface area contributed by atoms with Gasteiger partial charge in [-0.05, 0) is 62.2 Å². The zero-order valence-electron chi connectivity index (χ0n) is 14.6. The number of aryl methyl sites for hydroxylation is 1. The molecule has 0 saturated carbocycles. The Morgan fingerprint density at radius 3 is 2.65 bits per heavy atom. The quantitative estimate of drug-likeness (QED) is 0.723. The number of carbonyl (C=O) groups excluding carboxylic acids is 1. The lowest BCUT2D eigenvalue weighted by molar-refractivity contribution is -0.122. The minimum atomic E-state index is -0.686. The predicted octanol–water partition coefficient (Wildman–Crippen LogP) is 4.37. The molecule has 0 bridgehead atoms. The molecule has 1 heterocycles. The molecule has 0 aliphatic rings. The molecule has 2 aromatic carbocycles. The van der Waals surface area contributed by atoms with E-state index >= 15 is 0 Å². The summed E-state index contributed by atoms with van der Waals surface area (Å²) >= 11 is 1.06. The molecule has 134 valence electrons. The highest BCUT2D eigenvalue weighted by atomic mass is 32.1. The second kappa shape index (κ2) is 7.61. The molecule has 0 fully saturated rings. The minimum Gasteiger partial charge on any atom is -0.481 e. The van der Waals surface area contributed by atoms with Crippen molar-refractivity contribution in [1.82, 2.24) is 9.36 Å². The van der Waals surface area contributed by atoms with Crippen LogP contribution in [0.3, 0.4) is 0 Å². The van der Waals surface area contributed by atoms with Crippen molar-refractivity contribution in [3.63, 3.8) is 0 Å². The number of rotatable bonds is 5. The lowest BCUT2D eigenvalue weighted by atomic mass is 10.1. The molecule has 3 rings (SSSR count). The van der Waals surface area contributed by atoms with E-state index in [4.69, 9.17) is 4.74 Å². The average molecular weight is 371 g/mol. The number of aromatic nitrogens is 2. The number of nitrogens with one attached hydrogen (secondary N) is 1. The lowest BCUT2D eigenvalue weighted by Gasteiger charge is -2.16. The van der Waals surface area contributed by atoms with Gasteiger partial charge in [0.2, 0.25) is 5.13 Å². The molecule has 3 aromatic rings. The zero-order valence-corrected chi connectivity index (χ0v) is 15.4. The Labute approximate surface area is 155 Å². The van der Waals surface area contributed by atoms with Gasteiger partial charge in [-0.2, -0.15) is 9.36 Å². The van der Waals surface area contributed by atoms with Crippen molar-refractivity contribution >= 4 is 22.6 Å². The zero-order chi connectivity index (χ0) is 18.7. The number of ether oxygens (including phenoxy) is 1. The number of halogens is 1. The van der Waals surface area contributed by atoms with Gasteiger partial charge in [-0.15, -0.1) is 0 Å². The van der Waals surface area contributed by atoms with E-state index in [9.17, 15) is 9.18 Å². The first kappa shape index (κ1) is 18.0. The van der Waals surface area contributed by atoms with Crippen LogP contribution in [0.1, 0.15) is 18.1 Å². The van der Waals surface area contributed by atoms with Crippen molar-refractivity contribution in [2.45, 2.75) is 26.9 Å². The second-order valence-corrected chi connectivity index (χ2v) is 6.63. The molecule has 1 atom stereocenters. The van der Waals surface area contributed by atoms with Gasteiger partial charge in [-0.3, -0.25) is 10.1 Å². The molecular formula is C19H18FN3O2S. The number of hydrogen-bond acceptors (Lipinski definition) is 5. The third kappa shape index (κ3) is 4.05. The van der Waals surface area contributed by atoms with Crippen molar-refractivity contribution in [3.8, 4) is 17.1 Å². The molecule has 0 radical (unpaired) electrons. The Hall–Kier alpha value is -2.80. The molecule has 1 aromatic heterocycles. The van der Waals surface area contributed by atoms with Crippen LogP contribution in [0.4, 0.5) is 9.52 Å². The molecule has 7 heteroatoms. The fourth-order valence-electron chi connectivity index (χ4n) is 2.29. The Kier molecular flexibility index (Phi) is 5.27. The molecule has 0 aliphatic carbocycles. The van der Waals surface area contributed by atoms with Gasteiger partial charge in [-0.1, -0.05) is 12.1 Å². The maximum Gasteiger partial charge on any atom is 0.266 e. The SMILES string of the molecule is Cc1cccc(OC(C)C(=O)Nc2nc(-c3ccc(F)cc3)ns2)c1C. The van der Waals surface area contributed by atoms with E-state index in [1.54, 1.807) is 19.1 Å². The van der Waals surface area contributed by atoms with Crippen LogP contribution < -0.4 is 10.1 Å². The smallest absolute Gasteiger partial charge is 0.266 e. The maximum absolute atomic E-state index is 13.0. The lowest BCUT2D eigenvalue weighted by Crippen LogP contribution is -2.30. The Balaban J connectivity index is 1.66. The van der Waals surface area contributed by atoms with Gasteiger partial charge in [0.05, 0.1) is 0 Å². The van der Waals surface area contributed by atoms with Crippen LogP contribution in [0, 0.1) is 19.7 Å². The molecule has 26 heavy (non-hydrogen) atoms. The van der Waals surface area contributed by atoms with Crippen molar-refractivity contribution in [2.24, 2.45) is 0 Å². The van der Waals surface area contributed by atoms with Gasteiger partial charge >= 0.3 is 0 Å². The number of benzene rings is 2. The van der Waals surface area contributed by atoms with Crippen LogP contribution in [-0.4, -0.2) is 21.4 Å². The van der Waals surface area contributed by atoms with E-state index < -0.39 is 6.10 Å². The Morgan fingerprint density at radius 2 is 1.92 bits per heavy atom. The van der Waals surface area contributed by atoms with E-state index in [0.29, 0.717) is 22.3 Å². The standard InChI is InChI=1S/C19H18FN3O2S/c1-11-5-4-6-16(12(11)2)25-13(3)18(24)22-19-21-17(23-26-19)14-7-9-15(20)10-8-14/h4-10,13H,1-3H3,(H,21,22,23,24). The summed E-state index contributed by atoms with van der Waals surface area (Å²) in [6, 6.07) is 11.6. The Bertz CT molecular complexity index is 925. The van der Waals surface area contributed by atoms with Crippen molar-refractivity contribution in [3.05, 3.63) is 59.4 Å². The first-order chi connectivity index (χ1) is 12.4. The predicted molar refractivity (Wildman–Crippen MR) is 99.9 cm³/mol. The highest BCUT2D eigenvalue weighted by Crippen LogP contribution is 2.23. The van der Waals surface area contributed by atoms with Gasteiger partial charge in [0.1, 0.15) is 11.6 Å². The van der Waals surface area contributed by atoms with E-state index in [-0.39, 0.29) is 11.7 Å². The monoisotopic (exact) mass is 371 g/mol. The van der Waals surface area contributed by atoms with E-state index in [1.807, 2.05) is 32.0 Å². The number of amides is 1. The van der Waals surface area contributed by atoms with Crippen LogP contribution in [-0.2, 0) is 4.79 Å². The maximum atomic E-state index is 13.0. The average Bonchev–Trinajstić information content (AvgIpc) is 3.08. The summed E-state index contributed by atoms with van der Waals surface area (Å²) in [5.41, 5.74) is 2.78. The number of nitrogens with zero attached hydrogens (tertiary/aromatic N) is 2. The first-order valence-corrected chi connectivity index (χ1v) is 8.85. The van der Waals surface area contributed by atoms with Gasteiger partial charge in [0.25, 0.3) is 5.91 Å². The fraction of sp³-hybridized carbons (Fsp3) is 0.211. The van der Waals surface area contributed by atoms with Gasteiger partial charge in [0, 0.05) is 17.1 Å². The fourth-order valence-corrected chi connectivity index (χ4v) is 2.89. The summed E-state index contributed by atoms with van der Waals surface area (Å²) in [5.74, 6) is 0.480. The molecule has 5 nitrogen and oxygen atoms in total. The highest BCUT2D eigenvalue weighted by Gasteiger charge is 2.18. The molecule has 1 amide bonds. The topological polar surface area (TPSA) is 64.1 Å². The first-order valence-electron chi connectivity index (χ1n) is 8.07. The highest BCUT2D eigenvalue weighted by molar-refractivity contribution is 7.10. The third-order valence-electron chi connectivity index (χ3n) is 3.99. The van der Waals surface area contributed by atoms with Crippen LogP contribution in [0.25, 0.3) is 11.4 Å². The number of carbonyl (C=O) groups is 1. The van der Waals surface area contributed by atoms with Crippen LogP contribution in [0.15, 0.2) is 42.5 Å². The summed E-state index contributed by atoms with van der Waals surface area (Å²) in [7, 11) is 0. The number of hydrogen-bond donors (Lipinski definition) is 1. The van der Waals surface area contributed by atoms with Gasteiger partial charge in [-0.25, -0.2) is 4.39 Å². The Morgan fingerprint density at radius 1 is 1.19 bits per heavy atom. The van der Waals surface area contributed by atoms with Gasteiger partial charge < -0.3 is 4.74 Å². The second-order valence-electron chi connectivity index (χ2n) is 5.88. The number of anilines is 1. The summed E-state index contributed by atoms with van der Waals surface area (Å²) in [4.78, 5) is 16.6. The summed E-state index contributed by atoms with van der Waals surface area (Å²) in [6.07, 6.45) is -0.686. The van der Waals surface area contributed by atoms with Crippen LogP contribution in [0.2, 0.25) is 0 Å². The minimum absolute atomic E-state index is 0.312. The molecular weight excluding hydrogens is 353 g/mol. The largest absolute Gasteiger partial charge is 0.481 e. The van der Waals surface area contributed by atoms with E-state index in [1.165, 1.54) is 12.1 Å². The van der Waals surface area contributed by atoms with Crippen molar-refractivity contribution < 1.29 is 13.9 Å². The summed E-state index contributed by atoms with van der Waals surface area (Å²) in [5, 5.41) is 3.07. The van der Waals surface area contributed by atoms with Crippen LogP contribution in [0.5, 0.6) is 5.75 Å². The van der Waals surface area contributed by atoms with Gasteiger partial charge in [0.15, 0.2) is 11.9 Å². The summed E-state index contributed by atoms with van der Waals surface area (Å²) in [6.45, 7) is 5.62. The molecule has 1 unspecified atom stereocenters. The molecule has 0 spiro atoms.